The smallest absolute Gasteiger partial charge is 0.257 e. The minimum absolute atomic E-state index is 0.0354. The first-order chi connectivity index (χ1) is 9.54. The van der Waals surface area contributed by atoms with E-state index < -0.39 is 5.54 Å². The van der Waals surface area contributed by atoms with Crippen LogP contribution in [0.15, 0.2) is 18.5 Å². The number of aliphatic hydroxyl groups is 1. The zero-order valence-corrected chi connectivity index (χ0v) is 11.8. The van der Waals surface area contributed by atoms with Crippen molar-refractivity contribution in [2.45, 2.75) is 26.3 Å². The van der Waals surface area contributed by atoms with E-state index in [0.717, 1.165) is 0 Å². The van der Waals surface area contributed by atoms with Crippen LogP contribution in [0.1, 0.15) is 20.8 Å². The molecule has 0 amide bonds. The lowest BCUT2D eigenvalue weighted by Crippen LogP contribution is -2.36. The van der Waals surface area contributed by atoms with Gasteiger partial charge in [0.1, 0.15) is 0 Å². The van der Waals surface area contributed by atoms with Crippen molar-refractivity contribution in [3.8, 4) is 5.95 Å². The lowest BCUT2D eigenvalue weighted by molar-refractivity contribution is 0.233. The molecule has 0 atom stereocenters. The highest BCUT2D eigenvalue weighted by molar-refractivity contribution is 5.39. The van der Waals surface area contributed by atoms with Crippen LogP contribution in [0.3, 0.4) is 0 Å². The third kappa shape index (κ3) is 3.41. The summed E-state index contributed by atoms with van der Waals surface area (Å²) in [6.45, 7) is 6.34. The van der Waals surface area contributed by atoms with Crippen LogP contribution < -0.4 is 10.6 Å². The SMILES string of the molecule is CCNc1nc(NC(C)(C)CO)nc(-n2cccn2)n1. The van der Waals surface area contributed by atoms with Gasteiger partial charge in [-0.05, 0) is 26.8 Å². The van der Waals surface area contributed by atoms with Gasteiger partial charge >= 0.3 is 0 Å². The summed E-state index contributed by atoms with van der Waals surface area (Å²) in [5.74, 6) is 1.27. The van der Waals surface area contributed by atoms with E-state index in [1.165, 1.54) is 0 Å². The van der Waals surface area contributed by atoms with Crippen molar-refractivity contribution in [1.29, 1.82) is 0 Å². The van der Waals surface area contributed by atoms with E-state index in [1.54, 1.807) is 23.1 Å². The van der Waals surface area contributed by atoms with E-state index in [0.29, 0.717) is 24.4 Å². The minimum atomic E-state index is -0.522. The van der Waals surface area contributed by atoms with Crippen LogP contribution in [0.5, 0.6) is 0 Å². The van der Waals surface area contributed by atoms with Gasteiger partial charge in [0.15, 0.2) is 0 Å². The molecular weight excluding hydrogens is 258 g/mol. The first-order valence-corrected chi connectivity index (χ1v) is 6.43. The number of nitrogens with one attached hydrogen (secondary N) is 2. The predicted octanol–water partition coefficient (Wildman–Crippen LogP) is 0.672. The molecule has 0 saturated carbocycles. The van der Waals surface area contributed by atoms with Gasteiger partial charge in [-0.1, -0.05) is 0 Å². The van der Waals surface area contributed by atoms with Crippen LogP contribution in [-0.2, 0) is 0 Å². The van der Waals surface area contributed by atoms with Crippen molar-refractivity contribution in [2.24, 2.45) is 0 Å². The molecule has 108 valence electrons. The molecule has 0 radical (unpaired) electrons. The Hall–Kier alpha value is -2.22. The Morgan fingerprint density at radius 2 is 2.00 bits per heavy atom. The molecule has 0 aliphatic carbocycles. The largest absolute Gasteiger partial charge is 0.394 e. The van der Waals surface area contributed by atoms with Crippen LogP contribution in [0.4, 0.5) is 11.9 Å². The van der Waals surface area contributed by atoms with E-state index in [-0.39, 0.29) is 6.61 Å². The molecular formula is C12H19N7O. The first-order valence-electron chi connectivity index (χ1n) is 6.43. The minimum Gasteiger partial charge on any atom is -0.394 e. The summed E-state index contributed by atoms with van der Waals surface area (Å²) < 4.78 is 1.56. The van der Waals surface area contributed by atoms with E-state index >= 15 is 0 Å². The zero-order valence-electron chi connectivity index (χ0n) is 11.8. The molecule has 2 aromatic heterocycles. The maximum atomic E-state index is 9.31. The molecule has 20 heavy (non-hydrogen) atoms. The molecule has 2 aromatic rings. The fourth-order valence-corrected chi connectivity index (χ4v) is 1.49. The van der Waals surface area contributed by atoms with E-state index in [9.17, 15) is 5.11 Å². The first kappa shape index (κ1) is 14.2. The molecule has 2 rings (SSSR count). The molecule has 0 aromatic carbocycles. The molecule has 0 saturated heterocycles. The topological polar surface area (TPSA) is 101 Å². The van der Waals surface area contributed by atoms with E-state index in [4.69, 9.17) is 0 Å². The molecule has 0 spiro atoms. The summed E-state index contributed by atoms with van der Waals surface area (Å²) in [5.41, 5.74) is -0.522. The number of aromatic nitrogens is 5. The van der Waals surface area contributed by atoms with Crippen molar-refractivity contribution in [2.75, 3.05) is 23.8 Å². The third-order valence-electron chi connectivity index (χ3n) is 2.51. The van der Waals surface area contributed by atoms with Gasteiger partial charge in [-0.2, -0.15) is 20.1 Å². The quantitative estimate of drug-likeness (QED) is 0.713. The zero-order chi connectivity index (χ0) is 14.6. The van der Waals surface area contributed by atoms with Crippen molar-refractivity contribution < 1.29 is 5.11 Å². The molecule has 0 aliphatic heterocycles. The van der Waals surface area contributed by atoms with Crippen LogP contribution in [0.2, 0.25) is 0 Å². The van der Waals surface area contributed by atoms with Gasteiger partial charge in [-0.25, -0.2) is 4.68 Å². The summed E-state index contributed by atoms with van der Waals surface area (Å²) >= 11 is 0. The third-order valence-corrected chi connectivity index (χ3v) is 2.51. The Bertz CT molecular complexity index is 553. The Morgan fingerprint density at radius 3 is 2.60 bits per heavy atom. The Morgan fingerprint density at radius 1 is 1.25 bits per heavy atom. The molecule has 8 nitrogen and oxygen atoms in total. The molecule has 0 unspecified atom stereocenters. The lowest BCUT2D eigenvalue weighted by atomic mass is 10.1. The second-order valence-corrected chi connectivity index (χ2v) is 4.93. The fraction of sp³-hybridized carbons (Fsp3) is 0.500. The van der Waals surface area contributed by atoms with Crippen LogP contribution in [0, 0.1) is 0 Å². The maximum Gasteiger partial charge on any atom is 0.257 e. The van der Waals surface area contributed by atoms with E-state index in [2.05, 4.69) is 30.7 Å². The highest BCUT2D eigenvalue weighted by atomic mass is 16.3. The molecule has 0 bridgehead atoms. The number of rotatable bonds is 6. The molecule has 0 fully saturated rings. The van der Waals surface area contributed by atoms with Crippen LogP contribution in [-0.4, -0.2) is 48.5 Å². The van der Waals surface area contributed by atoms with Gasteiger partial charge in [0.2, 0.25) is 11.9 Å². The summed E-state index contributed by atoms with van der Waals surface area (Å²) in [7, 11) is 0. The maximum absolute atomic E-state index is 9.31. The van der Waals surface area contributed by atoms with Crippen molar-refractivity contribution in [3.05, 3.63) is 18.5 Å². The second kappa shape index (κ2) is 5.83. The number of anilines is 2. The van der Waals surface area contributed by atoms with Crippen molar-refractivity contribution in [1.82, 2.24) is 24.7 Å². The normalized spacial score (nSPS) is 11.4. The van der Waals surface area contributed by atoms with E-state index in [1.807, 2.05) is 20.8 Å². The van der Waals surface area contributed by atoms with Gasteiger partial charge in [0, 0.05) is 18.9 Å². The van der Waals surface area contributed by atoms with Gasteiger partial charge in [0.25, 0.3) is 5.95 Å². The Labute approximate surface area is 117 Å². The molecule has 8 heteroatoms. The van der Waals surface area contributed by atoms with Crippen LogP contribution >= 0.6 is 0 Å². The van der Waals surface area contributed by atoms with Crippen molar-refractivity contribution in [3.63, 3.8) is 0 Å². The average Bonchev–Trinajstić information content (AvgIpc) is 2.92. The second-order valence-electron chi connectivity index (χ2n) is 4.93. The van der Waals surface area contributed by atoms with Gasteiger partial charge in [-0.3, -0.25) is 0 Å². The monoisotopic (exact) mass is 277 g/mol. The van der Waals surface area contributed by atoms with Crippen molar-refractivity contribution >= 4 is 11.9 Å². The summed E-state index contributed by atoms with van der Waals surface area (Å²) in [6.07, 6.45) is 3.41. The highest BCUT2D eigenvalue weighted by Crippen LogP contribution is 2.13. The standard InChI is InChI=1S/C12H19N7O/c1-4-13-9-15-10(18-12(2,3)8-20)17-11(16-9)19-7-5-6-14-19/h5-7,20H,4,8H2,1-3H3,(H2,13,15,16,17,18). The summed E-state index contributed by atoms with van der Waals surface area (Å²) in [6, 6.07) is 1.79. The number of hydrogen-bond acceptors (Lipinski definition) is 7. The van der Waals surface area contributed by atoms with Crippen LogP contribution in [0.25, 0.3) is 5.95 Å². The molecule has 2 heterocycles. The molecule has 0 aliphatic rings. The van der Waals surface area contributed by atoms with Gasteiger partial charge in [0.05, 0.1) is 12.1 Å². The number of aliphatic hydroxyl groups excluding tert-OH is 1. The average molecular weight is 277 g/mol. The highest BCUT2D eigenvalue weighted by Gasteiger charge is 2.18. The Balaban J connectivity index is 2.36. The molecule has 3 N–H and O–H groups in total. The Kier molecular flexibility index (Phi) is 4.14. The van der Waals surface area contributed by atoms with Gasteiger partial charge in [-0.15, -0.1) is 0 Å². The summed E-state index contributed by atoms with van der Waals surface area (Å²) in [4.78, 5) is 12.9. The number of nitrogens with zero attached hydrogens (tertiary/aromatic N) is 5. The predicted molar refractivity (Wildman–Crippen MR) is 75.9 cm³/mol. The number of hydrogen-bond donors (Lipinski definition) is 3. The fourth-order valence-electron chi connectivity index (χ4n) is 1.49. The van der Waals surface area contributed by atoms with Gasteiger partial charge < -0.3 is 15.7 Å². The lowest BCUT2D eigenvalue weighted by Gasteiger charge is -2.23. The summed E-state index contributed by atoms with van der Waals surface area (Å²) in [5, 5.41) is 19.5.